The number of aryl methyl sites for hydroxylation is 1. The van der Waals surface area contributed by atoms with E-state index in [1.165, 1.54) is 19.3 Å². The largest absolute Gasteiger partial charge is 0.497 e. The summed E-state index contributed by atoms with van der Waals surface area (Å²) in [6, 6.07) is 15.4. The Morgan fingerprint density at radius 1 is 1.00 bits per heavy atom. The Morgan fingerprint density at radius 3 is 2.51 bits per heavy atom. The van der Waals surface area contributed by atoms with Gasteiger partial charge in [-0.15, -0.1) is 0 Å². The topological polar surface area (TPSA) is 84.9 Å². The minimum Gasteiger partial charge on any atom is -0.497 e. The number of methoxy groups -OCH3 is 1. The van der Waals surface area contributed by atoms with Crippen molar-refractivity contribution in [3.8, 4) is 11.5 Å². The van der Waals surface area contributed by atoms with E-state index in [1.54, 1.807) is 55.5 Å². The fourth-order valence-electron chi connectivity index (χ4n) is 3.67. The predicted molar refractivity (Wildman–Crippen MR) is 129 cm³/mol. The lowest BCUT2D eigenvalue weighted by Gasteiger charge is -2.28. The summed E-state index contributed by atoms with van der Waals surface area (Å²) < 4.78 is 25.2. The molecule has 1 saturated heterocycles. The molecule has 1 heterocycles. The minimum absolute atomic E-state index is 0.0801. The zero-order valence-electron chi connectivity index (χ0n) is 19.4. The molecular weight excluding hydrogens is 451 g/mol. The van der Waals surface area contributed by atoms with Crippen molar-refractivity contribution in [3.05, 3.63) is 94.3 Å². The van der Waals surface area contributed by atoms with Gasteiger partial charge in [0, 0.05) is 17.2 Å². The van der Waals surface area contributed by atoms with Crippen molar-refractivity contribution in [2.45, 2.75) is 20.5 Å². The van der Waals surface area contributed by atoms with Crippen LogP contribution in [-0.4, -0.2) is 25.0 Å². The van der Waals surface area contributed by atoms with Gasteiger partial charge >= 0.3 is 6.03 Å². The van der Waals surface area contributed by atoms with Gasteiger partial charge in [-0.25, -0.2) is 14.1 Å². The third-order valence-corrected chi connectivity index (χ3v) is 5.78. The fraction of sp³-hybridized carbons (Fsp3) is 0.148. The maximum Gasteiger partial charge on any atom is 0.335 e. The predicted octanol–water partition coefficient (Wildman–Crippen LogP) is 4.70. The van der Waals surface area contributed by atoms with E-state index < -0.39 is 23.7 Å². The highest BCUT2D eigenvalue weighted by Gasteiger charge is 2.37. The van der Waals surface area contributed by atoms with Crippen LogP contribution in [0.1, 0.15) is 22.3 Å². The van der Waals surface area contributed by atoms with Crippen molar-refractivity contribution >= 4 is 29.6 Å². The Hall–Kier alpha value is -4.46. The number of urea groups is 1. The molecule has 1 N–H and O–H groups in total. The van der Waals surface area contributed by atoms with E-state index in [1.807, 2.05) is 13.0 Å². The molecule has 8 heteroatoms. The molecule has 3 aromatic carbocycles. The summed E-state index contributed by atoms with van der Waals surface area (Å²) in [7, 11) is 1.49. The zero-order chi connectivity index (χ0) is 25.1. The number of rotatable bonds is 6. The number of amides is 4. The molecule has 1 fully saturated rings. The van der Waals surface area contributed by atoms with Gasteiger partial charge in [-0.05, 0) is 55.3 Å². The Balaban J connectivity index is 1.72. The van der Waals surface area contributed by atoms with Crippen LogP contribution < -0.4 is 19.7 Å². The van der Waals surface area contributed by atoms with Crippen LogP contribution in [0.15, 0.2) is 66.2 Å². The number of carbonyl (C=O) groups is 3. The number of imide groups is 2. The molecule has 0 radical (unpaired) electrons. The third-order valence-electron chi connectivity index (χ3n) is 5.78. The van der Waals surface area contributed by atoms with Crippen LogP contribution in [-0.2, 0) is 16.2 Å². The third kappa shape index (κ3) is 4.77. The summed E-state index contributed by atoms with van der Waals surface area (Å²) in [6.07, 6.45) is 1.35. The monoisotopic (exact) mass is 474 g/mol. The summed E-state index contributed by atoms with van der Waals surface area (Å²) in [5.41, 5.74) is 2.50. The quantitative estimate of drug-likeness (QED) is 0.414. The summed E-state index contributed by atoms with van der Waals surface area (Å²) in [5, 5.41) is 2.23. The number of anilines is 1. The Morgan fingerprint density at radius 2 is 1.77 bits per heavy atom. The summed E-state index contributed by atoms with van der Waals surface area (Å²) in [5.74, 6) is -1.25. The van der Waals surface area contributed by atoms with Crippen LogP contribution in [0.4, 0.5) is 14.9 Å². The standard InChI is InChI=1S/C27H23FN2O5/c1-16-7-6-10-23(17(16)2)30-26(32)21(25(31)29-27(30)33)13-18-11-12-20(34-3)14-24(18)35-15-19-8-4-5-9-22(19)28/h4-14H,15H2,1-3H3,(H,29,31,33)/b21-13+. The normalized spacial score (nSPS) is 14.8. The molecule has 0 unspecified atom stereocenters. The second-order valence-corrected chi connectivity index (χ2v) is 7.96. The van der Waals surface area contributed by atoms with Crippen molar-refractivity contribution < 1.29 is 28.2 Å². The van der Waals surface area contributed by atoms with Gasteiger partial charge in [0.2, 0.25) is 0 Å². The number of halogens is 1. The van der Waals surface area contributed by atoms with E-state index in [0.29, 0.717) is 22.6 Å². The molecule has 0 aromatic heterocycles. The Kier molecular flexibility index (Phi) is 6.64. The summed E-state index contributed by atoms with van der Waals surface area (Å²) in [4.78, 5) is 39.5. The average molecular weight is 474 g/mol. The minimum atomic E-state index is -0.823. The molecule has 7 nitrogen and oxygen atoms in total. The molecule has 35 heavy (non-hydrogen) atoms. The van der Waals surface area contributed by atoms with Crippen LogP contribution in [0.25, 0.3) is 6.08 Å². The fourth-order valence-corrected chi connectivity index (χ4v) is 3.67. The van der Waals surface area contributed by atoms with E-state index in [-0.39, 0.29) is 17.9 Å². The molecule has 1 aliphatic heterocycles. The number of carbonyl (C=O) groups excluding carboxylic acids is 3. The van der Waals surface area contributed by atoms with Crippen LogP contribution in [0.3, 0.4) is 0 Å². The van der Waals surface area contributed by atoms with Crippen molar-refractivity contribution in [2.24, 2.45) is 0 Å². The first-order valence-electron chi connectivity index (χ1n) is 10.8. The molecule has 4 rings (SSSR count). The van der Waals surface area contributed by atoms with Crippen LogP contribution in [0.2, 0.25) is 0 Å². The van der Waals surface area contributed by atoms with E-state index >= 15 is 0 Å². The summed E-state index contributed by atoms with van der Waals surface area (Å²) in [6.45, 7) is 3.58. The van der Waals surface area contributed by atoms with Crippen LogP contribution in [0, 0.1) is 19.7 Å². The average Bonchev–Trinajstić information content (AvgIpc) is 2.84. The maximum absolute atomic E-state index is 14.1. The van der Waals surface area contributed by atoms with E-state index in [9.17, 15) is 18.8 Å². The molecular formula is C27H23FN2O5. The van der Waals surface area contributed by atoms with Crippen molar-refractivity contribution in [1.82, 2.24) is 5.32 Å². The van der Waals surface area contributed by atoms with Gasteiger partial charge in [-0.2, -0.15) is 0 Å². The number of barbiturate groups is 1. The Labute approximate surface area is 201 Å². The highest BCUT2D eigenvalue weighted by Crippen LogP contribution is 2.31. The van der Waals surface area contributed by atoms with Gasteiger partial charge in [0.15, 0.2) is 0 Å². The second-order valence-electron chi connectivity index (χ2n) is 7.96. The molecule has 178 valence electrons. The molecule has 1 aliphatic rings. The lowest BCUT2D eigenvalue weighted by Crippen LogP contribution is -2.54. The molecule has 0 bridgehead atoms. The number of hydrogen-bond donors (Lipinski definition) is 1. The highest BCUT2D eigenvalue weighted by atomic mass is 19.1. The maximum atomic E-state index is 14.1. The van der Waals surface area contributed by atoms with E-state index in [0.717, 1.165) is 16.0 Å². The van der Waals surface area contributed by atoms with Gasteiger partial charge in [0.05, 0.1) is 12.8 Å². The molecule has 0 aliphatic carbocycles. The lowest BCUT2D eigenvalue weighted by atomic mass is 10.0. The van der Waals surface area contributed by atoms with Crippen LogP contribution in [0.5, 0.6) is 11.5 Å². The van der Waals surface area contributed by atoms with Crippen LogP contribution >= 0.6 is 0 Å². The van der Waals surface area contributed by atoms with Crippen molar-refractivity contribution in [1.29, 1.82) is 0 Å². The molecule has 3 aromatic rings. The number of ether oxygens (including phenoxy) is 2. The second kappa shape index (κ2) is 9.80. The zero-order valence-corrected chi connectivity index (χ0v) is 19.4. The SMILES string of the molecule is COc1ccc(/C=C2\C(=O)NC(=O)N(c3cccc(C)c3C)C2=O)c(OCc2ccccc2F)c1. The van der Waals surface area contributed by atoms with Gasteiger partial charge < -0.3 is 9.47 Å². The first-order valence-corrected chi connectivity index (χ1v) is 10.8. The molecule has 0 spiro atoms. The highest BCUT2D eigenvalue weighted by molar-refractivity contribution is 6.39. The van der Waals surface area contributed by atoms with Crippen molar-refractivity contribution in [3.63, 3.8) is 0 Å². The smallest absolute Gasteiger partial charge is 0.335 e. The number of nitrogens with one attached hydrogen (secondary N) is 1. The van der Waals surface area contributed by atoms with E-state index in [2.05, 4.69) is 5.32 Å². The molecule has 0 atom stereocenters. The number of hydrogen-bond acceptors (Lipinski definition) is 5. The van der Waals surface area contributed by atoms with Gasteiger partial charge in [-0.3, -0.25) is 14.9 Å². The first-order chi connectivity index (χ1) is 16.8. The Bertz CT molecular complexity index is 1370. The summed E-state index contributed by atoms with van der Waals surface area (Å²) >= 11 is 0. The molecule has 0 saturated carbocycles. The first kappa shape index (κ1) is 23.7. The van der Waals surface area contributed by atoms with Crippen molar-refractivity contribution in [2.75, 3.05) is 12.0 Å². The lowest BCUT2D eigenvalue weighted by molar-refractivity contribution is -0.122. The number of benzene rings is 3. The van der Waals surface area contributed by atoms with Gasteiger partial charge in [0.25, 0.3) is 11.8 Å². The van der Waals surface area contributed by atoms with Gasteiger partial charge in [0.1, 0.15) is 29.5 Å². The van der Waals surface area contributed by atoms with E-state index in [4.69, 9.17) is 9.47 Å². The molecule has 4 amide bonds. The number of nitrogens with zero attached hydrogens (tertiary/aromatic N) is 1. The van der Waals surface area contributed by atoms with Gasteiger partial charge in [-0.1, -0.05) is 30.3 Å².